The van der Waals surface area contributed by atoms with Gasteiger partial charge in [0, 0.05) is 11.6 Å². The summed E-state index contributed by atoms with van der Waals surface area (Å²) in [5.41, 5.74) is -0.252. The Morgan fingerprint density at radius 2 is 1.67 bits per heavy atom. The third-order valence-corrected chi connectivity index (χ3v) is 6.36. The lowest BCUT2D eigenvalue weighted by Crippen LogP contribution is -2.47. The Balaban J connectivity index is 1.27. The summed E-state index contributed by atoms with van der Waals surface area (Å²) >= 11 is 0. The summed E-state index contributed by atoms with van der Waals surface area (Å²) in [6, 6.07) is 17.3. The highest BCUT2D eigenvalue weighted by molar-refractivity contribution is 5.98. The van der Waals surface area contributed by atoms with Crippen LogP contribution in [-0.2, 0) is 28.5 Å². The number of rotatable bonds is 6. The van der Waals surface area contributed by atoms with Crippen LogP contribution in [-0.4, -0.2) is 48.9 Å². The molecular formula is C24H21NO8. The molecule has 5 rings (SSSR count). The number of nitrogens with one attached hydrogen (secondary N) is 1. The number of cyclic esters (lactones) is 2. The van der Waals surface area contributed by atoms with Crippen LogP contribution in [0.2, 0.25) is 0 Å². The van der Waals surface area contributed by atoms with Crippen molar-refractivity contribution in [2.75, 3.05) is 18.5 Å². The number of hydrogen-bond donors (Lipinski definition) is 1. The molecule has 2 aromatic rings. The fourth-order valence-electron chi connectivity index (χ4n) is 4.96. The monoisotopic (exact) mass is 451 g/mol. The maximum atomic E-state index is 12.4. The minimum Gasteiger partial charge on any atom is -0.462 e. The molecule has 3 saturated heterocycles. The maximum absolute atomic E-state index is 12.4. The number of esters is 3. The van der Waals surface area contributed by atoms with Crippen LogP contribution in [0.3, 0.4) is 0 Å². The molecule has 0 spiro atoms. The van der Waals surface area contributed by atoms with Crippen molar-refractivity contribution in [3.63, 3.8) is 0 Å². The van der Waals surface area contributed by atoms with Gasteiger partial charge in [-0.25, -0.2) is 9.59 Å². The van der Waals surface area contributed by atoms with Gasteiger partial charge in [-0.3, -0.25) is 14.9 Å². The van der Waals surface area contributed by atoms with Gasteiger partial charge in [0.05, 0.1) is 18.3 Å². The van der Waals surface area contributed by atoms with Crippen molar-refractivity contribution < 1.29 is 38.1 Å². The zero-order valence-electron chi connectivity index (χ0n) is 17.5. The fraction of sp³-hybridized carbons (Fsp3) is 0.333. The average Bonchev–Trinajstić information content (AvgIpc) is 3.46. The second kappa shape index (κ2) is 8.32. The van der Waals surface area contributed by atoms with E-state index in [2.05, 4.69) is 5.32 Å². The van der Waals surface area contributed by atoms with E-state index in [1.54, 1.807) is 54.6 Å². The minimum absolute atomic E-state index is 0.00104. The van der Waals surface area contributed by atoms with E-state index >= 15 is 0 Å². The molecule has 170 valence electrons. The standard InChI is InChI=1S/C24H21NO8/c26-20(14-7-3-1-4-8-14)30-12-15-11-24(13-31-23(29)25-16-9-5-2-6-10-16)18-17(19(15)33-24)21(27)32-22(18)28/h1-10,15,17-19H,11-13H2,(H,25,29)/t15-,17+,18+,19?,24+/m1/s1. The summed E-state index contributed by atoms with van der Waals surface area (Å²) in [6.45, 7) is -0.240. The number of benzene rings is 2. The smallest absolute Gasteiger partial charge is 0.411 e. The lowest BCUT2D eigenvalue weighted by molar-refractivity contribution is -0.160. The van der Waals surface area contributed by atoms with Gasteiger partial charge in [-0.2, -0.15) is 0 Å². The Morgan fingerprint density at radius 1 is 0.970 bits per heavy atom. The van der Waals surface area contributed by atoms with Crippen molar-refractivity contribution in [1.82, 2.24) is 0 Å². The Bertz CT molecular complexity index is 1090. The van der Waals surface area contributed by atoms with E-state index in [9.17, 15) is 19.2 Å². The van der Waals surface area contributed by atoms with Crippen molar-refractivity contribution in [1.29, 1.82) is 0 Å². The largest absolute Gasteiger partial charge is 0.462 e. The molecule has 0 radical (unpaired) electrons. The molecule has 0 aromatic heterocycles. The zero-order valence-corrected chi connectivity index (χ0v) is 17.5. The van der Waals surface area contributed by atoms with Gasteiger partial charge in [-0.1, -0.05) is 36.4 Å². The average molecular weight is 451 g/mol. The van der Waals surface area contributed by atoms with Crippen LogP contribution in [0.1, 0.15) is 16.8 Å². The predicted octanol–water partition coefficient (Wildman–Crippen LogP) is 2.57. The van der Waals surface area contributed by atoms with Crippen molar-refractivity contribution in [3.05, 3.63) is 66.2 Å². The molecule has 9 heteroatoms. The molecule has 1 amide bonds. The quantitative estimate of drug-likeness (QED) is 0.405. The van der Waals surface area contributed by atoms with Crippen LogP contribution in [0.25, 0.3) is 0 Å². The van der Waals surface area contributed by atoms with Gasteiger partial charge < -0.3 is 18.9 Å². The number of anilines is 1. The number of carbonyl (C=O) groups excluding carboxylic acids is 4. The molecule has 3 aliphatic heterocycles. The maximum Gasteiger partial charge on any atom is 0.411 e. The minimum atomic E-state index is -1.21. The molecule has 2 aromatic carbocycles. The van der Waals surface area contributed by atoms with Crippen LogP contribution in [0.5, 0.6) is 0 Å². The molecule has 0 aliphatic carbocycles. The molecule has 3 heterocycles. The van der Waals surface area contributed by atoms with Crippen molar-refractivity contribution in [3.8, 4) is 0 Å². The summed E-state index contributed by atoms with van der Waals surface area (Å²) in [5, 5.41) is 2.60. The first-order chi connectivity index (χ1) is 16.0. The van der Waals surface area contributed by atoms with Gasteiger partial charge >= 0.3 is 24.0 Å². The number of ether oxygens (including phenoxy) is 4. The summed E-state index contributed by atoms with van der Waals surface area (Å²) in [6.07, 6.45) is -1.10. The summed E-state index contributed by atoms with van der Waals surface area (Å²) in [5.74, 6) is -3.86. The molecule has 33 heavy (non-hydrogen) atoms. The fourth-order valence-corrected chi connectivity index (χ4v) is 4.96. The van der Waals surface area contributed by atoms with Crippen molar-refractivity contribution in [2.45, 2.75) is 18.1 Å². The van der Waals surface area contributed by atoms with E-state index in [4.69, 9.17) is 18.9 Å². The Hall–Kier alpha value is -3.72. The first-order valence-electron chi connectivity index (χ1n) is 10.6. The molecule has 5 atom stereocenters. The van der Waals surface area contributed by atoms with Gasteiger partial charge in [-0.05, 0) is 30.7 Å². The van der Waals surface area contributed by atoms with Crippen LogP contribution in [0, 0.1) is 17.8 Å². The first kappa shape index (κ1) is 21.1. The summed E-state index contributed by atoms with van der Waals surface area (Å²) < 4.78 is 21.8. The SMILES string of the molecule is O=C(Nc1ccccc1)OC[C@]12C[C@H](COC(=O)c3ccccc3)C(O1)[C@H]1C(=O)OC(=O)[C@H]12. The molecule has 3 fully saturated rings. The van der Waals surface area contributed by atoms with Crippen LogP contribution in [0.4, 0.5) is 10.5 Å². The van der Waals surface area contributed by atoms with Gasteiger partial charge in [0.15, 0.2) is 0 Å². The molecule has 1 unspecified atom stereocenters. The van der Waals surface area contributed by atoms with Crippen LogP contribution in [0.15, 0.2) is 60.7 Å². The highest BCUT2D eigenvalue weighted by Crippen LogP contribution is 2.57. The second-order valence-electron chi connectivity index (χ2n) is 8.39. The Kier molecular flexibility index (Phi) is 5.33. The van der Waals surface area contributed by atoms with E-state index in [1.165, 1.54) is 0 Å². The van der Waals surface area contributed by atoms with E-state index in [1.807, 2.05) is 6.07 Å². The van der Waals surface area contributed by atoms with E-state index in [0.29, 0.717) is 11.3 Å². The Morgan fingerprint density at radius 3 is 2.39 bits per heavy atom. The van der Waals surface area contributed by atoms with E-state index in [0.717, 1.165) is 0 Å². The van der Waals surface area contributed by atoms with Crippen LogP contribution < -0.4 is 5.32 Å². The topological polar surface area (TPSA) is 117 Å². The van der Waals surface area contributed by atoms with Gasteiger partial charge in [-0.15, -0.1) is 0 Å². The van der Waals surface area contributed by atoms with Gasteiger partial charge in [0.2, 0.25) is 0 Å². The molecule has 1 N–H and O–H groups in total. The number of carbonyl (C=O) groups is 4. The Labute approximate surface area is 189 Å². The van der Waals surface area contributed by atoms with Gasteiger partial charge in [0.25, 0.3) is 0 Å². The van der Waals surface area contributed by atoms with Gasteiger partial charge in [0.1, 0.15) is 24.0 Å². The molecule has 2 bridgehead atoms. The normalized spacial score (nSPS) is 29.3. The first-order valence-corrected chi connectivity index (χ1v) is 10.6. The number of amides is 1. The van der Waals surface area contributed by atoms with Crippen molar-refractivity contribution >= 4 is 29.7 Å². The van der Waals surface area contributed by atoms with Crippen molar-refractivity contribution in [2.24, 2.45) is 17.8 Å². The highest BCUT2D eigenvalue weighted by atomic mass is 16.6. The highest BCUT2D eigenvalue weighted by Gasteiger charge is 2.72. The molecule has 9 nitrogen and oxygen atoms in total. The van der Waals surface area contributed by atoms with Crippen LogP contribution >= 0.6 is 0 Å². The number of hydrogen-bond acceptors (Lipinski definition) is 8. The molecular weight excluding hydrogens is 430 g/mol. The summed E-state index contributed by atoms with van der Waals surface area (Å²) in [7, 11) is 0. The zero-order chi connectivity index (χ0) is 23.0. The number of para-hydroxylation sites is 1. The lowest BCUT2D eigenvalue weighted by Gasteiger charge is -2.31. The third kappa shape index (κ3) is 3.84. The van der Waals surface area contributed by atoms with E-state index < -0.39 is 47.5 Å². The molecule has 0 saturated carbocycles. The van der Waals surface area contributed by atoms with E-state index in [-0.39, 0.29) is 25.6 Å². The third-order valence-electron chi connectivity index (χ3n) is 6.36. The number of fused-ring (bicyclic) bond motifs is 5. The lowest BCUT2D eigenvalue weighted by atomic mass is 9.69. The second-order valence-corrected chi connectivity index (χ2v) is 8.39. The molecule has 3 aliphatic rings. The summed E-state index contributed by atoms with van der Waals surface area (Å²) in [4.78, 5) is 49.3. The predicted molar refractivity (Wildman–Crippen MR) is 112 cm³/mol.